The van der Waals surface area contributed by atoms with E-state index in [9.17, 15) is 4.79 Å². The number of hydrogen-bond donors (Lipinski definition) is 0. The lowest BCUT2D eigenvalue weighted by molar-refractivity contribution is 0.105. The van der Waals surface area contributed by atoms with E-state index < -0.39 is 0 Å². The van der Waals surface area contributed by atoms with Crippen molar-refractivity contribution in [3.63, 3.8) is 0 Å². The number of oxazole rings is 1. The predicted octanol–water partition coefficient (Wildman–Crippen LogP) is 5.82. The van der Waals surface area contributed by atoms with E-state index in [4.69, 9.17) is 9.15 Å². The van der Waals surface area contributed by atoms with Gasteiger partial charge in [0.2, 0.25) is 5.89 Å². The van der Waals surface area contributed by atoms with Gasteiger partial charge in [0.1, 0.15) is 11.3 Å². The van der Waals surface area contributed by atoms with E-state index in [1.54, 1.807) is 25.3 Å². The molecule has 0 aliphatic heterocycles. The first-order valence-corrected chi connectivity index (χ1v) is 9.23. The molecule has 4 aromatic rings. The molecule has 0 unspecified atom stereocenters. The third-order valence-electron chi connectivity index (χ3n) is 4.48. The SMILES string of the molecule is COc1ccccc1/C=C/C=C(/C(=O)c1ccccc1)c1nc2ccccc2o1. The zero-order chi connectivity index (χ0) is 20.1. The number of para-hydroxylation sites is 3. The average molecular weight is 381 g/mol. The van der Waals surface area contributed by atoms with Crippen LogP contribution in [0.4, 0.5) is 0 Å². The van der Waals surface area contributed by atoms with Crippen LogP contribution in [0.3, 0.4) is 0 Å². The van der Waals surface area contributed by atoms with Gasteiger partial charge in [-0.3, -0.25) is 4.79 Å². The first-order chi connectivity index (χ1) is 14.3. The Bertz CT molecular complexity index is 1170. The molecule has 1 aromatic heterocycles. The molecule has 0 aliphatic rings. The molecule has 0 atom stereocenters. The summed E-state index contributed by atoms with van der Waals surface area (Å²) in [6.07, 6.45) is 5.43. The second-order valence-electron chi connectivity index (χ2n) is 6.36. The van der Waals surface area contributed by atoms with E-state index in [-0.39, 0.29) is 5.78 Å². The summed E-state index contributed by atoms with van der Waals surface area (Å²) in [6.45, 7) is 0. The van der Waals surface area contributed by atoms with Crippen LogP contribution < -0.4 is 4.74 Å². The van der Waals surface area contributed by atoms with Crippen molar-refractivity contribution in [1.29, 1.82) is 0 Å². The molecule has 0 N–H and O–H groups in total. The second kappa shape index (κ2) is 8.40. The number of Topliss-reactive ketones (excluding diaryl/α,β-unsaturated/α-hetero) is 1. The van der Waals surface area contributed by atoms with Crippen LogP contribution in [0.5, 0.6) is 5.75 Å². The molecule has 29 heavy (non-hydrogen) atoms. The van der Waals surface area contributed by atoms with Crippen molar-refractivity contribution in [2.75, 3.05) is 7.11 Å². The van der Waals surface area contributed by atoms with Gasteiger partial charge in [0, 0.05) is 11.1 Å². The Morgan fingerprint density at radius 3 is 2.45 bits per heavy atom. The fourth-order valence-electron chi connectivity index (χ4n) is 3.03. The van der Waals surface area contributed by atoms with Crippen LogP contribution in [0.2, 0.25) is 0 Å². The number of carbonyl (C=O) groups is 1. The van der Waals surface area contributed by atoms with E-state index in [1.165, 1.54) is 0 Å². The third kappa shape index (κ3) is 4.01. The van der Waals surface area contributed by atoms with Crippen molar-refractivity contribution < 1.29 is 13.9 Å². The Labute approximate surface area is 168 Å². The van der Waals surface area contributed by atoms with E-state index in [0.29, 0.717) is 28.1 Å². The molecule has 0 amide bonds. The van der Waals surface area contributed by atoms with Crippen LogP contribution >= 0.6 is 0 Å². The first kappa shape index (κ1) is 18.4. The Hall–Kier alpha value is -3.92. The molecule has 0 saturated carbocycles. The van der Waals surface area contributed by atoms with E-state index in [0.717, 1.165) is 11.3 Å². The van der Waals surface area contributed by atoms with Crippen LogP contribution in [0.15, 0.2) is 95.4 Å². The van der Waals surface area contributed by atoms with Crippen LogP contribution in [-0.2, 0) is 0 Å². The number of ketones is 1. The molecule has 1 heterocycles. The van der Waals surface area contributed by atoms with Gasteiger partial charge in [0.05, 0.1) is 12.7 Å². The predicted molar refractivity (Wildman–Crippen MR) is 115 cm³/mol. The van der Waals surface area contributed by atoms with Crippen molar-refractivity contribution in [2.24, 2.45) is 0 Å². The number of ether oxygens (including phenoxy) is 1. The van der Waals surface area contributed by atoms with Gasteiger partial charge in [-0.05, 0) is 24.3 Å². The molecule has 3 aromatic carbocycles. The number of aromatic nitrogens is 1. The normalized spacial score (nSPS) is 11.8. The highest BCUT2D eigenvalue weighted by Crippen LogP contribution is 2.25. The number of fused-ring (bicyclic) bond motifs is 1. The average Bonchev–Trinajstić information content (AvgIpc) is 3.21. The number of hydrogen-bond acceptors (Lipinski definition) is 4. The number of allylic oxidation sites excluding steroid dienone is 3. The van der Waals surface area contributed by atoms with E-state index in [2.05, 4.69) is 4.98 Å². The Balaban J connectivity index is 1.76. The largest absolute Gasteiger partial charge is 0.496 e. The fourth-order valence-corrected chi connectivity index (χ4v) is 3.03. The smallest absolute Gasteiger partial charge is 0.231 e. The Kier molecular flexibility index (Phi) is 5.34. The number of nitrogens with zero attached hydrogens (tertiary/aromatic N) is 1. The molecule has 0 spiro atoms. The number of rotatable bonds is 6. The maximum Gasteiger partial charge on any atom is 0.231 e. The Morgan fingerprint density at radius 1 is 0.931 bits per heavy atom. The van der Waals surface area contributed by atoms with Gasteiger partial charge >= 0.3 is 0 Å². The van der Waals surface area contributed by atoms with Crippen LogP contribution in [-0.4, -0.2) is 17.9 Å². The number of methoxy groups -OCH3 is 1. The van der Waals surface area contributed by atoms with Gasteiger partial charge in [-0.1, -0.05) is 72.8 Å². The summed E-state index contributed by atoms with van der Waals surface area (Å²) in [7, 11) is 1.63. The molecule has 4 heteroatoms. The minimum absolute atomic E-state index is 0.151. The second-order valence-corrected chi connectivity index (χ2v) is 6.36. The Morgan fingerprint density at radius 2 is 1.66 bits per heavy atom. The molecule has 142 valence electrons. The number of benzene rings is 3. The maximum absolute atomic E-state index is 13.2. The number of carbonyl (C=O) groups excluding carboxylic acids is 1. The first-order valence-electron chi connectivity index (χ1n) is 9.23. The quantitative estimate of drug-likeness (QED) is 0.240. The fraction of sp³-hybridized carbons (Fsp3) is 0.0400. The summed E-state index contributed by atoms with van der Waals surface area (Å²) >= 11 is 0. The molecule has 0 saturated heterocycles. The highest BCUT2D eigenvalue weighted by molar-refractivity contribution is 6.28. The van der Waals surface area contributed by atoms with Gasteiger partial charge in [0.15, 0.2) is 11.4 Å². The van der Waals surface area contributed by atoms with Crippen molar-refractivity contribution >= 4 is 28.5 Å². The summed E-state index contributed by atoms with van der Waals surface area (Å²) in [5.41, 5.74) is 3.23. The van der Waals surface area contributed by atoms with Gasteiger partial charge in [-0.15, -0.1) is 0 Å². The third-order valence-corrected chi connectivity index (χ3v) is 4.48. The van der Waals surface area contributed by atoms with Crippen LogP contribution in [0.1, 0.15) is 21.8 Å². The van der Waals surface area contributed by atoms with Crippen molar-refractivity contribution in [3.05, 3.63) is 108 Å². The lowest BCUT2D eigenvalue weighted by atomic mass is 10.0. The minimum Gasteiger partial charge on any atom is -0.496 e. The molecule has 4 nitrogen and oxygen atoms in total. The summed E-state index contributed by atoms with van der Waals surface area (Å²) < 4.78 is 11.2. The lowest BCUT2D eigenvalue weighted by Crippen LogP contribution is -2.02. The summed E-state index contributed by atoms with van der Waals surface area (Å²) in [5, 5.41) is 0. The molecule has 0 radical (unpaired) electrons. The van der Waals surface area contributed by atoms with Gasteiger partial charge in [0.25, 0.3) is 0 Å². The molecule has 4 rings (SSSR count). The summed E-state index contributed by atoms with van der Waals surface area (Å²) in [6, 6.07) is 24.2. The summed E-state index contributed by atoms with van der Waals surface area (Å²) in [4.78, 5) is 17.7. The monoisotopic (exact) mass is 381 g/mol. The van der Waals surface area contributed by atoms with Gasteiger partial charge in [-0.2, -0.15) is 0 Å². The molecular weight excluding hydrogens is 362 g/mol. The maximum atomic E-state index is 13.2. The standard InChI is InChI=1S/C25H19NO3/c1-28-22-16-7-5-10-18(22)13-9-14-20(24(27)19-11-3-2-4-12-19)25-26-21-15-6-8-17-23(21)29-25/h2-17H,1H3/b13-9+,20-14-. The van der Waals surface area contributed by atoms with Crippen molar-refractivity contribution in [3.8, 4) is 5.75 Å². The van der Waals surface area contributed by atoms with Crippen LogP contribution in [0, 0.1) is 0 Å². The van der Waals surface area contributed by atoms with Gasteiger partial charge in [-0.25, -0.2) is 4.98 Å². The zero-order valence-corrected chi connectivity index (χ0v) is 15.9. The van der Waals surface area contributed by atoms with E-state index in [1.807, 2.05) is 78.9 Å². The molecular formula is C25H19NO3. The highest BCUT2D eigenvalue weighted by atomic mass is 16.5. The highest BCUT2D eigenvalue weighted by Gasteiger charge is 2.19. The minimum atomic E-state index is -0.151. The van der Waals surface area contributed by atoms with Crippen molar-refractivity contribution in [2.45, 2.75) is 0 Å². The summed E-state index contributed by atoms with van der Waals surface area (Å²) in [5.74, 6) is 0.904. The van der Waals surface area contributed by atoms with Crippen LogP contribution in [0.25, 0.3) is 22.7 Å². The van der Waals surface area contributed by atoms with Gasteiger partial charge < -0.3 is 9.15 Å². The van der Waals surface area contributed by atoms with Crippen molar-refractivity contribution in [1.82, 2.24) is 4.98 Å². The zero-order valence-electron chi connectivity index (χ0n) is 15.9. The van der Waals surface area contributed by atoms with E-state index >= 15 is 0 Å². The molecule has 0 fully saturated rings. The lowest BCUT2D eigenvalue weighted by Gasteiger charge is -2.04. The molecule has 0 aliphatic carbocycles. The molecule has 0 bridgehead atoms. The topological polar surface area (TPSA) is 52.3 Å².